The normalized spacial score (nSPS) is 10.7. The van der Waals surface area contributed by atoms with Gasteiger partial charge in [-0.25, -0.2) is 4.79 Å². The monoisotopic (exact) mass is 471 g/mol. The highest BCUT2D eigenvalue weighted by molar-refractivity contribution is 9.10. The summed E-state index contributed by atoms with van der Waals surface area (Å²) in [6.45, 7) is 7.97. The van der Waals surface area contributed by atoms with E-state index in [0.717, 1.165) is 32.3 Å². The second kappa shape index (κ2) is 8.93. The van der Waals surface area contributed by atoms with Crippen molar-refractivity contribution in [1.82, 2.24) is 0 Å². The Bertz CT molecular complexity index is 1070. The van der Waals surface area contributed by atoms with E-state index in [1.165, 1.54) is 11.3 Å². The minimum absolute atomic E-state index is 0.252. The maximum atomic E-state index is 13.1. The summed E-state index contributed by atoms with van der Waals surface area (Å²) in [6, 6.07) is 11.4. The second-order valence-corrected chi connectivity index (χ2v) is 8.41. The van der Waals surface area contributed by atoms with Crippen LogP contribution in [0.25, 0.3) is 11.1 Å². The van der Waals surface area contributed by atoms with Gasteiger partial charge in [-0.2, -0.15) is 0 Å². The first-order valence-electron chi connectivity index (χ1n) is 9.26. The molecule has 3 aromatic rings. The van der Waals surface area contributed by atoms with Crippen molar-refractivity contribution >= 4 is 44.1 Å². The zero-order valence-corrected chi connectivity index (χ0v) is 19.2. The molecular formula is C23H22BrNO3S. The lowest BCUT2D eigenvalue weighted by Gasteiger charge is -2.14. The molecule has 0 atom stereocenters. The van der Waals surface area contributed by atoms with Crippen LogP contribution in [-0.2, 0) is 4.74 Å². The lowest BCUT2D eigenvalue weighted by Crippen LogP contribution is -2.16. The van der Waals surface area contributed by atoms with E-state index in [1.54, 1.807) is 6.92 Å². The number of hydrogen-bond acceptors (Lipinski definition) is 4. The van der Waals surface area contributed by atoms with Gasteiger partial charge in [0.2, 0.25) is 0 Å². The van der Waals surface area contributed by atoms with E-state index in [-0.39, 0.29) is 12.5 Å². The first-order valence-corrected chi connectivity index (χ1v) is 10.9. The summed E-state index contributed by atoms with van der Waals surface area (Å²) < 4.78 is 6.14. The van der Waals surface area contributed by atoms with Crippen molar-refractivity contribution in [3.05, 3.63) is 74.1 Å². The van der Waals surface area contributed by atoms with Gasteiger partial charge in [-0.15, -0.1) is 11.3 Å². The summed E-state index contributed by atoms with van der Waals surface area (Å²) in [5, 5.41) is 5.29. The highest BCUT2D eigenvalue weighted by Crippen LogP contribution is 2.37. The highest BCUT2D eigenvalue weighted by Gasteiger charge is 2.24. The Balaban J connectivity index is 2.03. The van der Waals surface area contributed by atoms with Gasteiger partial charge in [-0.1, -0.05) is 46.3 Å². The van der Waals surface area contributed by atoms with Gasteiger partial charge in [0.25, 0.3) is 5.91 Å². The first kappa shape index (κ1) is 21.3. The first-order chi connectivity index (χ1) is 13.8. The Labute approximate surface area is 183 Å². The summed E-state index contributed by atoms with van der Waals surface area (Å²) in [4.78, 5) is 25.7. The van der Waals surface area contributed by atoms with Crippen LogP contribution in [0.15, 0.2) is 46.3 Å². The maximum Gasteiger partial charge on any atom is 0.341 e. The Morgan fingerprint density at radius 1 is 1.07 bits per heavy atom. The molecule has 1 heterocycles. The van der Waals surface area contributed by atoms with Crippen molar-refractivity contribution in [3.63, 3.8) is 0 Å². The Morgan fingerprint density at radius 2 is 1.76 bits per heavy atom. The van der Waals surface area contributed by atoms with Gasteiger partial charge in [0.15, 0.2) is 0 Å². The minimum atomic E-state index is -0.444. The topological polar surface area (TPSA) is 55.4 Å². The molecule has 0 fully saturated rings. The molecule has 4 nitrogen and oxygen atoms in total. The molecule has 2 aromatic carbocycles. The van der Waals surface area contributed by atoms with E-state index >= 15 is 0 Å². The lowest BCUT2D eigenvalue weighted by atomic mass is 9.98. The molecule has 0 aliphatic carbocycles. The van der Waals surface area contributed by atoms with Crippen molar-refractivity contribution in [2.24, 2.45) is 0 Å². The third-order valence-electron chi connectivity index (χ3n) is 4.99. The number of carbonyl (C=O) groups excluding carboxylic acids is 2. The fourth-order valence-electron chi connectivity index (χ4n) is 3.10. The van der Waals surface area contributed by atoms with Crippen molar-refractivity contribution in [2.75, 3.05) is 11.9 Å². The van der Waals surface area contributed by atoms with E-state index in [9.17, 15) is 9.59 Å². The summed E-state index contributed by atoms with van der Waals surface area (Å²) in [5.41, 5.74) is 5.70. The molecule has 0 unspecified atom stereocenters. The number of carbonyl (C=O) groups is 2. The van der Waals surface area contributed by atoms with Crippen LogP contribution >= 0.6 is 27.3 Å². The predicted molar refractivity (Wildman–Crippen MR) is 122 cm³/mol. The number of thiophene rings is 1. The van der Waals surface area contributed by atoms with E-state index < -0.39 is 5.97 Å². The van der Waals surface area contributed by atoms with Gasteiger partial charge in [-0.3, -0.25) is 4.79 Å². The standard InChI is InChI=1S/C23H22BrNO3S/c1-5-28-23(27)20-18(16-9-7-6-8-10-16)12-29-22(20)25-21(26)17-11-19(24)15(4)13(2)14(17)3/h6-12H,5H2,1-4H3,(H,25,26). The molecule has 3 rings (SSSR count). The van der Waals surface area contributed by atoms with Crippen LogP contribution in [0.3, 0.4) is 0 Å². The van der Waals surface area contributed by atoms with E-state index in [2.05, 4.69) is 21.2 Å². The lowest BCUT2D eigenvalue weighted by molar-refractivity contribution is 0.0529. The molecule has 29 heavy (non-hydrogen) atoms. The van der Waals surface area contributed by atoms with Crippen LogP contribution in [0.5, 0.6) is 0 Å². The number of amides is 1. The van der Waals surface area contributed by atoms with Crippen LogP contribution in [0, 0.1) is 20.8 Å². The molecule has 0 aliphatic heterocycles. The van der Waals surface area contributed by atoms with Gasteiger partial charge >= 0.3 is 5.97 Å². The van der Waals surface area contributed by atoms with Crippen molar-refractivity contribution in [3.8, 4) is 11.1 Å². The summed E-state index contributed by atoms with van der Waals surface area (Å²) >= 11 is 4.85. The number of rotatable bonds is 5. The van der Waals surface area contributed by atoms with Gasteiger partial charge < -0.3 is 10.1 Å². The van der Waals surface area contributed by atoms with Gasteiger partial charge in [0.05, 0.1) is 6.61 Å². The SMILES string of the molecule is CCOC(=O)c1c(-c2ccccc2)csc1NC(=O)c1cc(Br)c(C)c(C)c1C. The van der Waals surface area contributed by atoms with Crippen molar-refractivity contribution < 1.29 is 14.3 Å². The number of anilines is 1. The average Bonchev–Trinajstić information content (AvgIpc) is 3.13. The summed E-state index contributed by atoms with van der Waals surface area (Å²) in [5.74, 6) is -0.695. The molecule has 6 heteroatoms. The second-order valence-electron chi connectivity index (χ2n) is 6.68. The Kier molecular flexibility index (Phi) is 6.55. The Hall–Kier alpha value is -2.44. The predicted octanol–water partition coefficient (Wildman–Crippen LogP) is 6.53. The van der Waals surface area contributed by atoms with E-state index in [0.29, 0.717) is 16.1 Å². The van der Waals surface area contributed by atoms with Crippen LogP contribution in [0.4, 0.5) is 5.00 Å². The third kappa shape index (κ3) is 4.28. The number of ether oxygens (including phenoxy) is 1. The highest BCUT2D eigenvalue weighted by atomic mass is 79.9. The number of esters is 1. The van der Waals surface area contributed by atoms with Crippen LogP contribution in [-0.4, -0.2) is 18.5 Å². The third-order valence-corrected chi connectivity index (χ3v) is 6.70. The molecule has 1 aromatic heterocycles. The molecule has 0 bridgehead atoms. The van der Waals surface area contributed by atoms with Gasteiger partial charge in [0.1, 0.15) is 10.6 Å². The molecule has 0 spiro atoms. The van der Waals surface area contributed by atoms with Crippen LogP contribution in [0.1, 0.15) is 44.3 Å². The summed E-state index contributed by atoms with van der Waals surface area (Å²) in [7, 11) is 0. The van der Waals surface area contributed by atoms with Gasteiger partial charge in [-0.05, 0) is 56.0 Å². The van der Waals surface area contributed by atoms with E-state index in [4.69, 9.17) is 4.74 Å². The zero-order valence-electron chi connectivity index (χ0n) is 16.8. The number of nitrogens with one attached hydrogen (secondary N) is 1. The smallest absolute Gasteiger partial charge is 0.341 e. The molecule has 0 saturated carbocycles. The molecule has 1 N–H and O–H groups in total. The number of benzene rings is 2. The maximum absolute atomic E-state index is 13.1. The number of halogens is 1. The van der Waals surface area contributed by atoms with Crippen molar-refractivity contribution in [1.29, 1.82) is 0 Å². The fraction of sp³-hybridized carbons (Fsp3) is 0.217. The molecule has 150 valence electrons. The molecular weight excluding hydrogens is 450 g/mol. The van der Waals surface area contributed by atoms with Gasteiger partial charge in [0, 0.05) is 21.0 Å². The van der Waals surface area contributed by atoms with Crippen LogP contribution < -0.4 is 5.32 Å². The quantitative estimate of drug-likeness (QED) is 0.430. The molecule has 0 radical (unpaired) electrons. The Morgan fingerprint density at radius 3 is 2.41 bits per heavy atom. The minimum Gasteiger partial charge on any atom is -0.462 e. The summed E-state index contributed by atoms with van der Waals surface area (Å²) in [6.07, 6.45) is 0. The average molecular weight is 472 g/mol. The van der Waals surface area contributed by atoms with Crippen molar-refractivity contribution in [2.45, 2.75) is 27.7 Å². The molecule has 0 aliphatic rings. The molecule has 1 amide bonds. The largest absolute Gasteiger partial charge is 0.462 e. The van der Waals surface area contributed by atoms with E-state index in [1.807, 2.05) is 62.5 Å². The number of hydrogen-bond donors (Lipinski definition) is 1. The molecule has 0 saturated heterocycles. The zero-order chi connectivity index (χ0) is 21.1. The fourth-order valence-corrected chi connectivity index (χ4v) is 4.58. The van der Waals surface area contributed by atoms with Crippen LogP contribution in [0.2, 0.25) is 0 Å².